The first-order valence-corrected chi connectivity index (χ1v) is 5.94. The third kappa shape index (κ3) is 4.34. The lowest BCUT2D eigenvalue weighted by molar-refractivity contribution is -0.138. The molecule has 0 fully saturated rings. The van der Waals surface area contributed by atoms with Crippen LogP contribution in [0.1, 0.15) is 15.9 Å². The van der Waals surface area contributed by atoms with E-state index < -0.39 is 17.8 Å². The summed E-state index contributed by atoms with van der Waals surface area (Å²) in [5.74, 6) is -2.06. The van der Waals surface area contributed by atoms with Crippen molar-refractivity contribution in [2.24, 2.45) is 5.73 Å². The van der Waals surface area contributed by atoms with E-state index in [1.165, 1.54) is 20.3 Å². The van der Waals surface area contributed by atoms with Crippen molar-refractivity contribution in [3.63, 3.8) is 0 Å². The maximum atomic E-state index is 11.6. The highest BCUT2D eigenvalue weighted by atomic mass is 16.5. The second-order valence-corrected chi connectivity index (χ2v) is 4.09. The molecule has 7 nitrogen and oxygen atoms in total. The SMILES string of the molecule is COC(=O)/C=C(/Nc1cc(C(N)=O)ccc1C)C(=O)OC. The highest BCUT2D eigenvalue weighted by molar-refractivity contribution is 5.99. The predicted octanol–water partition coefficient (Wildman–Crippen LogP) is 0.736. The van der Waals surface area contributed by atoms with Crippen molar-refractivity contribution in [3.05, 3.63) is 41.1 Å². The van der Waals surface area contributed by atoms with Gasteiger partial charge in [-0.3, -0.25) is 4.79 Å². The van der Waals surface area contributed by atoms with Crippen molar-refractivity contribution in [2.45, 2.75) is 6.92 Å². The molecule has 21 heavy (non-hydrogen) atoms. The molecule has 0 bridgehead atoms. The van der Waals surface area contributed by atoms with Gasteiger partial charge in [0.25, 0.3) is 0 Å². The summed E-state index contributed by atoms with van der Waals surface area (Å²) in [6.45, 7) is 1.76. The third-order valence-corrected chi connectivity index (χ3v) is 2.66. The van der Waals surface area contributed by atoms with E-state index in [0.717, 1.165) is 11.6 Å². The molecule has 0 heterocycles. The third-order valence-electron chi connectivity index (χ3n) is 2.66. The standard InChI is InChI=1S/C14H16N2O5/c1-8-4-5-9(13(15)18)6-10(8)16-11(14(19)21-3)7-12(17)20-2/h4-7,16H,1-3H3,(H2,15,18)/b11-7+. The number of hydrogen-bond donors (Lipinski definition) is 2. The number of anilines is 1. The van der Waals surface area contributed by atoms with Gasteiger partial charge in [0.05, 0.1) is 20.3 Å². The Morgan fingerprint density at radius 3 is 2.38 bits per heavy atom. The summed E-state index contributed by atoms with van der Waals surface area (Å²) in [4.78, 5) is 34.1. The Morgan fingerprint density at radius 1 is 1.19 bits per heavy atom. The number of esters is 2. The van der Waals surface area contributed by atoms with Gasteiger partial charge in [0, 0.05) is 11.3 Å². The smallest absolute Gasteiger partial charge is 0.354 e. The first kappa shape index (κ1) is 16.2. The van der Waals surface area contributed by atoms with Crippen LogP contribution in [-0.4, -0.2) is 32.1 Å². The van der Waals surface area contributed by atoms with E-state index in [1.807, 2.05) is 0 Å². The quantitative estimate of drug-likeness (QED) is 0.612. The molecule has 0 aliphatic heterocycles. The highest BCUT2D eigenvalue weighted by Crippen LogP contribution is 2.19. The van der Waals surface area contributed by atoms with Crippen molar-refractivity contribution in [2.75, 3.05) is 19.5 Å². The van der Waals surface area contributed by atoms with Gasteiger partial charge in [0.2, 0.25) is 5.91 Å². The normalized spacial score (nSPS) is 10.7. The molecule has 7 heteroatoms. The molecule has 1 amide bonds. The van der Waals surface area contributed by atoms with Gasteiger partial charge in [0.1, 0.15) is 5.70 Å². The van der Waals surface area contributed by atoms with Gasteiger partial charge in [-0.05, 0) is 24.6 Å². The van der Waals surface area contributed by atoms with Crippen molar-refractivity contribution >= 4 is 23.5 Å². The van der Waals surface area contributed by atoms with Gasteiger partial charge < -0.3 is 20.5 Å². The van der Waals surface area contributed by atoms with Crippen molar-refractivity contribution < 1.29 is 23.9 Å². The van der Waals surface area contributed by atoms with Crippen LogP contribution in [0.2, 0.25) is 0 Å². The molecule has 1 aromatic rings. The largest absolute Gasteiger partial charge is 0.466 e. The van der Waals surface area contributed by atoms with Crippen LogP contribution in [0.25, 0.3) is 0 Å². The number of benzene rings is 1. The Morgan fingerprint density at radius 2 is 1.86 bits per heavy atom. The molecule has 0 aliphatic rings. The zero-order valence-corrected chi connectivity index (χ0v) is 11.9. The summed E-state index contributed by atoms with van der Waals surface area (Å²) < 4.78 is 9.05. The average molecular weight is 292 g/mol. The van der Waals surface area contributed by atoms with Crippen molar-refractivity contribution in [1.29, 1.82) is 0 Å². The summed E-state index contributed by atoms with van der Waals surface area (Å²) in [6, 6.07) is 4.70. The first-order chi connectivity index (χ1) is 9.88. The van der Waals surface area contributed by atoms with Crippen LogP contribution in [0.15, 0.2) is 30.0 Å². The molecule has 1 aromatic carbocycles. The predicted molar refractivity (Wildman–Crippen MR) is 75.4 cm³/mol. The number of carbonyl (C=O) groups is 3. The molecule has 0 radical (unpaired) electrons. The number of amides is 1. The van der Waals surface area contributed by atoms with Crippen molar-refractivity contribution in [1.82, 2.24) is 0 Å². The molecule has 112 valence electrons. The number of ether oxygens (including phenoxy) is 2. The minimum atomic E-state index is -0.746. The fourth-order valence-electron chi connectivity index (χ4n) is 1.49. The number of rotatable bonds is 5. The summed E-state index contributed by atoms with van der Waals surface area (Å²) in [5.41, 5.74) is 6.56. The van der Waals surface area contributed by atoms with Crippen LogP contribution in [0.5, 0.6) is 0 Å². The van der Waals surface area contributed by atoms with Crippen LogP contribution in [-0.2, 0) is 19.1 Å². The molecule has 0 aromatic heterocycles. The topological polar surface area (TPSA) is 108 Å². The maximum Gasteiger partial charge on any atom is 0.354 e. The summed E-state index contributed by atoms with van der Waals surface area (Å²) >= 11 is 0. The fraction of sp³-hybridized carbons (Fsp3) is 0.214. The lowest BCUT2D eigenvalue weighted by Gasteiger charge is -2.12. The molecule has 0 saturated carbocycles. The monoisotopic (exact) mass is 292 g/mol. The number of primary amides is 1. The zero-order valence-electron chi connectivity index (χ0n) is 11.9. The van der Waals surface area contributed by atoms with Gasteiger partial charge in [-0.2, -0.15) is 0 Å². The van der Waals surface area contributed by atoms with Gasteiger partial charge in [-0.15, -0.1) is 0 Å². The van der Waals surface area contributed by atoms with Crippen LogP contribution in [0.3, 0.4) is 0 Å². The number of nitrogens with two attached hydrogens (primary N) is 1. The van der Waals surface area contributed by atoms with Gasteiger partial charge in [0.15, 0.2) is 0 Å². The lowest BCUT2D eigenvalue weighted by Crippen LogP contribution is -2.17. The van der Waals surface area contributed by atoms with E-state index in [1.54, 1.807) is 19.1 Å². The van der Waals surface area contributed by atoms with Gasteiger partial charge in [-0.25, -0.2) is 9.59 Å². The number of carbonyl (C=O) groups excluding carboxylic acids is 3. The molecule has 0 spiro atoms. The second-order valence-electron chi connectivity index (χ2n) is 4.09. The molecular weight excluding hydrogens is 276 g/mol. The summed E-state index contributed by atoms with van der Waals surface area (Å²) in [7, 11) is 2.37. The molecule has 0 aliphatic carbocycles. The zero-order chi connectivity index (χ0) is 16.0. The molecule has 0 unspecified atom stereocenters. The Bertz CT molecular complexity index is 607. The van der Waals surface area contributed by atoms with Gasteiger partial charge in [-0.1, -0.05) is 6.07 Å². The lowest BCUT2D eigenvalue weighted by atomic mass is 10.1. The van der Waals surface area contributed by atoms with E-state index in [9.17, 15) is 14.4 Å². The van der Waals surface area contributed by atoms with Gasteiger partial charge >= 0.3 is 11.9 Å². The van der Waals surface area contributed by atoms with E-state index >= 15 is 0 Å². The fourth-order valence-corrected chi connectivity index (χ4v) is 1.49. The summed E-state index contributed by atoms with van der Waals surface area (Å²) in [6.07, 6.45) is 0.961. The number of aryl methyl sites for hydroxylation is 1. The summed E-state index contributed by atoms with van der Waals surface area (Å²) in [5, 5.41) is 2.74. The minimum Gasteiger partial charge on any atom is -0.466 e. The Labute approximate surface area is 121 Å². The Hall–Kier alpha value is -2.83. The minimum absolute atomic E-state index is 0.117. The second kappa shape index (κ2) is 7.09. The number of hydrogen-bond acceptors (Lipinski definition) is 6. The highest BCUT2D eigenvalue weighted by Gasteiger charge is 2.14. The number of nitrogens with one attached hydrogen (secondary N) is 1. The molecule has 0 saturated heterocycles. The van der Waals surface area contributed by atoms with E-state index in [-0.39, 0.29) is 11.3 Å². The molecular formula is C14H16N2O5. The van der Waals surface area contributed by atoms with Crippen LogP contribution >= 0.6 is 0 Å². The van der Waals surface area contributed by atoms with Crippen LogP contribution in [0, 0.1) is 6.92 Å². The van der Waals surface area contributed by atoms with Crippen molar-refractivity contribution in [3.8, 4) is 0 Å². The van der Waals surface area contributed by atoms with E-state index in [2.05, 4.69) is 14.8 Å². The van der Waals surface area contributed by atoms with E-state index in [4.69, 9.17) is 5.73 Å². The van der Waals surface area contributed by atoms with Crippen LogP contribution in [0.4, 0.5) is 5.69 Å². The van der Waals surface area contributed by atoms with Crippen LogP contribution < -0.4 is 11.1 Å². The average Bonchev–Trinajstić information content (AvgIpc) is 2.47. The van der Waals surface area contributed by atoms with E-state index in [0.29, 0.717) is 5.69 Å². The Kier molecular flexibility index (Phi) is 5.48. The number of methoxy groups -OCH3 is 2. The molecule has 3 N–H and O–H groups in total. The first-order valence-electron chi connectivity index (χ1n) is 5.94. The Balaban J connectivity index is 3.17. The molecule has 1 rings (SSSR count). The molecule has 0 atom stereocenters. The maximum absolute atomic E-state index is 11.6.